The molecule has 2 aromatic rings. The Morgan fingerprint density at radius 2 is 1.89 bits per heavy atom. The monoisotopic (exact) mass is 372 g/mol. The van der Waals surface area contributed by atoms with Gasteiger partial charge in [-0.25, -0.2) is 4.79 Å². The van der Waals surface area contributed by atoms with Gasteiger partial charge in [0.15, 0.2) is 0 Å². The highest BCUT2D eigenvalue weighted by Gasteiger charge is 2.23. The molecule has 7 heteroatoms. The van der Waals surface area contributed by atoms with E-state index in [9.17, 15) is 4.79 Å². The van der Waals surface area contributed by atoms with Gasteiger partial charge in [0.25, 0.3) is 0 Å². The number of carbonyl (C=O) groups is 1. The van der Waals surface area contributed by atoms with Crippen molar-refractivity contribution in [1.29, 1.82) is 0 Å². The quantitative estimate of drug-likeness (QED) is 0.811. The molecule has 7 nitrogen and oxygen atoms in total. The van der Waals surface area contributed by atoms with Crippen LogP contribution in [-0.2, 0) is 13.1 Å². The topological polar surface area (TPSA) is 68.6 Å². The number of hydrogen-bond donors (Lipinski definition) is 1. The number of aromatic nitrogens is 2. The number of nitrogens with zero attached hydrogens (tertiary/aromatic N) is 3. The molecule has 1 aromatic heterocycles. The maximum Gasteiger partial charge on any atom is 0.317 e. The number of nitrogens with one attached hydrogen (secondary N) is 1. The lowest BCUT2D eigenvalue weighted by atomic mass is 9.94. The Morgan fingerprint density at radius 3 is 2.48 bits per heavy atom. The summed E-state index contributed by atoms with van der Waals surface area (Å²) in [5.74, 6) is 2.08. The van der Waals surface area contributed by atoms with E-state index in [1.807, 2.05) is 46.2 Å². The van der Waals surface area contributed by atoms with E-state index in [1.54, 1.807) is 14.2 Å². The standard InChI is InChI=1S/C20H28N4O3/c1-26-18-5-3-6-19(27-2)17(18)15-21-20(25)23-12-7-16(8-13-23)9-14-24-11-4-10-22-24/h3-6,10-11,16H,7-9,12-15H2,1-2H3,(H,21,25). The first-order valence-corrected chi connectivity index (χ1v) is 9.41. The van der Waals surface area contributed by atoms with Crippen molar-refractivity contribution in [3.05, 3.63) is 42.2 Å². The molecule has 27 heavy (non-hydrogen) atoms. The number of carbonyl (C=O) groups excluding carboxylic acids is 1. The van der Waals surface area contributed by atoms with Gasteiger partial charge >= 0.3 is 6.03 Å². The van der Waals surface area contributed by atoms with Crippen molar-refractivity contribution in [2.24, 2.45) is 5.92 Å². The molecule has 1 N–H and O–H groups in total. The summed E-state index contributed by atoms with van der Waals surface area (Å²) >= 11 is 0. The summed E-state index contributed by atoms with van der Waals surface area (Å²) in [6.07, 6.45) is 6.98. The van der Waals surface area contributed by atoms with Crippen molar-refractivity contribution in [3.8, 4) is 11.5 Å². The number of amides is 2. The molecule has 0 radical (unpaired) electrons. The Hall–Kier alpha value is -2.70. The average molecular weight is 372 g/mol. The number of likely N-dealkylation sites (tertiary alicyclic amines) is 1. The van der Waals surface area contributed by atoms with Crippen LogP contribution in [0.1, 0.15) is 24.8 Å². The first-order valence-electron chi connectivity index (χ1n) is 9.41. The zero-order valence-electron chi connectivity index (χ0n) is 16.1. The minimum atomic E-state index is -0.0338. The average Bonchev–Trinajstić information content (AvgIpc) is 3.24. The van der Waals surface area contributed by atoms with Gasteiger partial charge in [0.05, 0.1) is 26.3 Å². The molecule has 2 amide bonds. The van der Waals surface area contributed by atoms with Crippen LogP contribution < -0.4 is 14.8 Å². The predicted molar refractivity (Wildman–Crippen MR) is 103 cm³/mol. The van der Waals surface area contributed by atoms with Gasteiger partial charge in [-0.15, -0.1) is 0 Å². The lowest BCUT2D eigenvalue weighted by Crippen LogP contribution is -2.44. The van der Waals surface area contributed by atoms with E-state index in [4.69, 9.17) is 9.47 Å². The molecule has 0 unspecified atom stereocenters. The number of piperidine rings is 1. The predicted octanol–water partition coefficient (Wildman–Crippen LogP) is 2.91. The number of aryl methyl sites for hydroxylation is 1. The lowest BCUT2D eigenvalue weighted by Gasteiger charge is -2.32. The Labute approximate surface area is 160 Å². The first kappa shape index (κ1) is 19.1. The summed E-state index contributed by atoms with van der Waals surface area (Å²) in [7, 11) is 3.24. The van der Waals surface area contributed by atoms with Gasteiger partial charge in [-0.1, -0.05) is 6.07 Å². The van der Waals surface area contributed by atoms with Gasteiger partial charge in [-0.2, -0.15) is 5.10 Å². The molecule has 1 aliphatic rings. The second-order valence-electron chi connectivity index (χ2n) is 6.79. The van der Waals surface area contributed by atoms with Crippen LogP contribution in [0, 0.1) is 5.92 Å². The third-order valence-electron chi connectivity index (χ3n) is 5.17. The van der Waals surface area contributed by atoms with Crippen LogP contribution in [0.3, 0.4) is 0 Å². The molecule has 0 spiro atoms. The minimum Gasteiger partial charge on any atom is -0.496 e. The molecule has 0 atom stereocenters. The minimum absolute atomic E-state index is 0.0338. The maximum atomic E-state index is 12.5. The lowest BCUT2D eigenvalue weighted by molar-refractivity contribution is 0.165. The molecule has 3 rings (SSSR count). The molecule has 1 saturated heterocycles. The summed E-state index contributed by atoms with van der Waals surface area (Å²) in [6.45, 7) is 2.90. The van der Waals surface area contributed by atoms with Crippen LogP contribution in [-0.4, -0.2) is 48.0 Å². The Kier molecular flexibility index (Phi) is 6.57. The van der Waals surface area contributed by atoms with Gasteiger partial charge in [-0.3, -0.25) is 4.68 Å². The zero-order valence-corrected chi connectivity index (χ0v) is 16.1. The fraction of sp³-hybridized carbons (Fsp3) is 0.500. The SMILES string of the molecule is COc1cccc(OC)c1CNC(=O)N1CCC(CCn2cccn2)CC1. The van der Waals surface area contributed by atoms with Crippen LogP contribution in [0.5, 0.6) is 11.5 Å². The smallest absolute Gasteiger partial charge is 0.317 e. The second kappa shape index (κ2) is 9.30. The van der Waals surface area contributed by atoms with E-state index >= 15 is 0 Å². The fourth-order valence-electron chi connectivity index (χ4n) is 3.55. The third-order valence-corrected chi connectivity index (χ3v) is 5.17. The summed E-state index contributed by atoms with van der Waals surface area (Å²) in [4.78, 5) is 14.4. The summed E-state index contributed by atoms with van der Waals surface area (Å²) in [5, 5.41) is 7.25. The summed E-state index contributed by atoms with van der Waals surface area (Å²) < 4.78 is 12.7. The van der Waals surface area contributed by atoms with Crippen molar-refractivity contribution in [2.45, 2.75) is 32.4 Å². The molecule has 1 fully saturated rings. The molecule has 0 saturated carbocycles. The van der Waals surface area contributed by atoms with Crippen LogP contribution >= 0.6 is 0 Å². The largest absolute Gasteiger partial charge is 0.496 e. The van der Waals surface area contributed by atoms with Crippen LogP contribution in [0.25, 0.3) is 0 Å². The van der Waals surface area contributed by atoms with Gasteiger partial charge in [0, 0.05) is 32.0 Å². The molecule has 0 bridgehead atoms. The summed E-state index contributed by atoms with van der Waals surface area (Å²) in [5.41, 5.74) is 0.852. The van der Waals surface area contributed by atoms with Gasteiger partial charge in [-0.05, 0) is 43.4 Å². The highest BCUT2D eigenvalue weighted by Crippen LogP contribution is 2.28. The molecule has 1 aromatic carbocycles. The van der Waals surface area contributed by atoms with Gasteiger partial charge < -0.3 is 19.7 Å². The molecular formula is C20H28N4O3. The Bertz CT molecular complexity index is 703. The van der Waals surface area contributed by atoms with E-state index in [1.165, 1.54) is 0 Å². The van der Waals surface area contributed by atoms with E-state index in [-0.39, 0.29) is 6.03 Å². The normalized spacial score (nSPS) is 14.8. The van der Waals surface area contributed by atoms with Gasteiger partial charge in [0.1, 0.15) is 11.5 Å². The molecular weight excluding hydrogens is 344 g/mol. The number of benzene rings is 1. The van der Waals surface area contributed by atoms with Gasteiger partial charge in [0.2, 0.25) is 0 Å². The number of hydrogen-bond acceptors (Lipinski definition) is 4. The van der Waals surface area contributed by atoms with E-state index in [0.717, 1.165) is 44.5 Å². The van der Waals surface area contributed by atoms with Crippen molar-refractivity contribution < 1.29 is 14.3 Å². The van der Waals surface area contributed by atoms with Crippen molar-refractivity contribution in [2.75, 3.05) is 27.3 Å². The van der Waals surface area contributed by atoms with Crippen molar-refractivity contribution in [3.63, 3.8) is 0 Å². The molecule has 1 aliphatic heterocycles. The molecule has 146 valence electrons. The first-order chi connectivity index (χ1) is 13.2. The zero-order chi connectivity index (χ0) is 19.1. The molecule has 2 heterocycles. The summed E-state index contributed by atoms with van der Waals surface area (Å²) in [6, 6.07) is 7.53. The van der Waals surface area contributed by atoms with Crippen LogP contribution in [0.2, 0.25) is 0 Å². The van der Waals surface area contributed by atoms with Crippen LogP contribution in [0.15, 0.2) is 36.7 Å². The number of methoxy groups -OCH3 is 2. The van der Waals surface area contributed by atoms with Crippen LogP contribution in [0.4, 0.5) is 4.79 Å². The van der Waals surface area contributed by atoms with E-state index in [2.05, 4.69) is 10.4 Å². The number of ether oxygens (including phenoxy) is 2. The second-order valence-corrected chi connectivity index (χ2v) is 6.79. The highest BCUT2D eigenvalue weighted by atomic mass is 16.5. The number of rotatable bonds is 7. The number of urea groups is 1. The fourth-order valence-corrected chi connectivity index (χ4v) is 3.55. The highest BCUT2D eigenvalue weighted by molar-refractivity contribution is 5.74. The van der Waals surface area contributed by atoms with Crippen molar-refractivity contribution >= 4 is 6.03 Å². The van der Waals surface area contributed by atoms with Crippen molar-refractivity contribution in [1.82, 2.24) is 20.0 Å². The third kappa shape index (κ3) is 4.93. The Morgan fingerprint density at radius 1 is 1.19 bits per heavy atom. The van der Waals surface area contributed by atoms with E-state index < -0.39 is 0 Å². The Balaban J connectivity index is 1.46. The molecule has 0 aliphatic carbocycles. The van der Waals surface area contributed by atoms with E-state index in [0.29, 0.717) is 24.0 Å². The maximum absolute atomic E-state index is 12.5.